The van der Waals surface area contributed by atoms with Crippen LogP contribution in [0, 0.1) is 5.41 Å². The van der Waals surface area contributed by atoms with Crippen LogP contribution >= 0.6 is 0 Å². The molecule has 0 bridgehead atoms. The second kappa shape index (κ2) is 31.8. The molecule has 0 heterocycles. The van der Waals surface area contributed by atoms with Crippen LogP contribution in [0.1, 0.15) is 188 Å². The van der Waals surface area contributed by atoms with Crippen molar-refractivity contribution in [2.45, 2.75) is 188 Å². The maximum absolute atomic E-state index is 12.5. The molecule has 44 heavy (non-hydrogen) atoms. The highest BCUT2D eigenvalue weighted by Crippen LogP contribution is 2.26. The molecule has 0 atom stereocenters. The normalized spacial score (nSPS) is 11.8. The number of aliphatic hydroxyl groups excluding tert-OH is 1. The number of unbranched alkanes of at least 4 members (excludes halogenated alkanes) is 19. The Morgan fingerprint density at radius 3 is 1.50 bits per heavy atom. The molecule has 6 nitrogen and oxygen atoms in total. The Morgan fingerprint density at radius 1 is 0.545 bits per heavy atom. The number of carbonyl (C=O) groups is 2. The predicted octanol–water partition coefficient (Wildman–Crippen LogP) is 10.2. The van der Waals surface area contributed by atoms with Crippen LogP contribution in [0.2, 0.25) is 0 Å². The highest BCUT2D eigenvalue weighted by molar-refractivity contribution is 5.75. The fourth-order valence-corrected chi connectivity index (χ4v) is 5.71. The highest BCUT2D eigenvalue weighted by atomic mass is 16.5. The first kappa shape index (κ1) is 42.9. The molecule has 0 aromatic rings. The van der Waals surface area contributed by atoms with E-state index in [9.17, 15) is 14.7 Å². The molecule has 0 unspecified atom stereocenters. The fourth-order valence-electron chi connectivity index (χ4n) is 5.71. The minimum absolute atomic E-state index is 0.0348. The van der Waals surface area contributed by atoms with Gasteiger partial charge in [-0.15, -0.1) is 0 Å². The summed E-state index contributed by atoms with van der Waals surface area (Å²) in [7, 11) is 0. The number of ether oxygens (including phenoxy) is 2. The Bertz CT molecular complexity index is 639. The van der Waals surface area contributed by atoms with Crippen molar-refractivity contribution in [3.63, 3.8) is 0 Å². The number of aliphatic hydroxyl groups is 1. The van der Waals surface area contributed by atoms with Gasteiger partial charge in [0, 0.05) is 13.0 Å². The van der Waals surface area contributed by atoms with Crippen LogP contribution in [-0.4, -0.2) is 61.4 Å². The standard InChI is InChI=1S/C38H75NO5/c1-5-7-9-11-13-20-26-34-43-36(41)28-22-16-15-18-24-30-39(32-33-40)31-25-19-17-23-29-38(3,4)37(42)44-35-27-21-14-12-10-8-6-2/h40H,5-35H2,1-4H3. The van der Waals surface area contributed by atoms with E-state index >= 15 is 0 Å². The van der Waals surface area contributed by atoms with E-state index in [-0.39, 0.29) is 18.5 Å². The lowest BCUT2D eigenvalue weighted by molar-refractivity contribution is -0.154. The molecule has 6 heteroatoms. The van der Waals surface area contributed by atoms with Crippen molar-refractivity contribution in [1.29, 1.82) is 0 Å². The molecule has 0 aromatic carbocycles. The molecule has 0 saturated heterocycles. The molecule has 0 aliphatic carbocycles. The number of hydrogen-bond acceptors (Lipinski definition) is 6. The first-order valence-electron chi connectivity index (χ1n) is 19.0. The molecule has 262 valence electrons. The summed E-state index contributed by atoms with van der Waals surface area (Å²) in [6, 6.07) is 0. The molecule has 0 fully saturated rings. The molecule has 0 aliphatic heterocycles. The summed E-state index contributed by atoms with van der Waals surface area (Å²) in [5.41, 5.74) is -0.405. The van der Waals surface area contributed by atoms with E-state index in [1.165, 1.54) is 77.0 Å². The zero-order valence-corrected chi connectivity index (χ0v) is 29.9. The Labute approximate surface area is 273 Å². The first-order valence-corrected chi connectivity index (χ1v) is 19.0. The summed E-state index contributed by atoms with van der Waals surface area (Å²) in [6.07, 6.45) is 28.6. The van der Waals surface area contributed by atoms with Gasteiger partial charge in [-0.2, -0.15) is 0 Å². The third kappa shape index (κ3) is 28.3. The summed E-state index contributed by atoms with van der Waals surface area (Å²) in [5.74, 6) is -0.0799. The molecular formula is C38H75NO5. The minimum Gasteiger partial charge on any atom is -0.466 e. The van der Waals surface area contributed by atoms with Gasteiger partial charge >= 0.3 is 11.9 Å². The lowest BCUT2D eigenvalue weighted by Gasteiger charge is -2.23. The summed E-state index contributed by atoms with van der Waals surface area (Å²) in [4.78, 5) is 26.9. The highest BCUT2D eigenvalue weighted by Gasteiger charge is 2.28. The quantitative estimate of drug-likeness (QED) is 0.0566. The van der Waals surface area contributed by atoms with Crippen molar-refractivity contribution < 1.29 is 24.2 Å². The number of carbonyl (C=O) groups excluding carboxylic acids is 2. The SMILES string of the molecule is CCCCCCCCCOC(=O)CCCCCCCN(CCO)CCCCCCC(C)(C)C(=O)OCCCCCCCCC. The molecule has 0 saturated carbocycles. The van der Waals surface area contributed by atoms with Crippen LogP contribution in [-0.2, 0) is 19.1 Å². The van der Waals surface area contributed by atoms with Crippen molar-refractivity contribution in [1.82, 2.24) is 4.90 Å². The summed E-state index contributed by atoms with van der Waals surface area (Å²) in [5, 5.41) is 9.48. The Kier molecular flexibility index (Phi) is 31.0. The van der Waals surface area contributed by atoms with Gasteiger partial charge in [0.05, 0.1) is 25.2 Å². The molecule has 0 rings (SSSR count). The van der Waals surface area contributed by atoms with Crippen molar-refractivity contribution in [3.8, 4) is 0 Å². The van der Waals surface area contributed by atoms with Gasteiger partial charge in [-0.25, -0.2) is 0 Å². The molecule has 0 radical (unpaired) electrons. The van der Waals surface area contributed by atoms with Gasteiger partial charge in [-0.1, -0.05) is 129 Å². The van der Waals surface area contributed by atoms with Crippen LogP contribution in [0.25, 0.3) is 0 Å². The Balaban J connectivity index is 3.75. The zero-order chi connectivity index (χ0) is 32.6. The van der Waals surface area contributed by atoms with Gasteiger partial charge in [-0.3, -0.25) is 9.59 Å². The molecule has 1 N–H and O–H groups in total. The third-order valence-electron chi connectivity index (χ3n) is 8.84. The summed E-state index contributed by atoms with van der Waals surface area (Å²) in [6.45, 7) is 12.7. The predicted molar refractivity (Wildman–Crippen MR) is 186 cm³/mol. The lowest BCUT2D eigenvalue weighted by Crippen LogP contribution is -2.29. The number of rotatable bonds is 34. The van der Waals surface area contributed by atoms with Crippen LogP contribution in [0.4, 0.5) is 0 Å². The molecule has 0 aliphatic rings. The average Bonchev–Trinajstić information content (AvgIpc) is 3.00. The second-order valence-corrected chi connectivity index (χ2v) is 13.7. The Hall–Kier alpha value is -1.14. The first-order chi connectivity index (χ1) is 21.4. The molecule has 0 aromatic heterocycles. The topological polar surface area (TPSA) is 76.1 Å². The van der Waals surface area contributed by atoms with Crippen molar-refractivity contribution in [2.24, 2.45) is 5.41 Å². The van der Waals surface area contributed by atoms with E-state index in [2.05, 4.69) is 18.7 Å². The van der Waals surface area contributed by atoms with E-state index in [0.717, 1.165) is 96.7 Å². The van der Waals surface area contributed by atoms with E-state index in [1.807, 2.05) is 13.8 Å². The van der Waals surface area contributed by atoms with Gasteiger partial charge in [-0.05, 0) is 65.5 Å². The van der Waals surface area contributed by atoms with Gasteiger partial charge in [0.2, 0.25) is 0 Å². The van der Waals surface area contributed by atoms with Gasteiger partial charge in [0.15, 0.2) is 0 Å². The monoisotopic (exact) mass is 626 g/mol. The smallest absolute Gasteiger partial charge is 0.311 e. The van der Waals surface area contributed by atoms with Gasteiger partial charge < -0.3 is 19.5 Å². The fraction of sp³-hybridized carbons (Fsp3) is 0.947. The molecule has 0 amide bonds. The van der Waals surface area contributed by atoms with Gasteiger partial charge in [0.1, 0.15) is 0 Å². The van der Waals surface area contributed by atoms with E-state index < -0.39 is 5.41 Å². The maximum Gasteiger partial charge on any atom is 0.311 e. The molecule has 0 spiro atoms. The Morgan fingerprint density at radius 2 is 0.977 bits per heavy atom. The minimum atomic E-state index is -0.405. The van der Waals surface area contributed by atoms with E-state index in [1.54, 1.807) is 0 Å². The van der Waals surface area contributed by atoms with Crippen molar-refractivity contribution >= 4 is 11.9 Å². The second-order valence-electron chi connectivity index (χ2n) is 13.7. The van der Waals surface area contributed by atoms with Crippen LogP contribution in [0.5, 0.6) is 0 Å². The molecular weight excluding hydrogens is 550 g/mol. The average molecular weight is 626 g/mol. The zero-order valence-electron chi connectivity index (χ0n) is 29.9. The summed E-state index contributed by atoms with van der Waals surface area (Å²) < 4.78 is 11.0. The van der Waals surface area contributed by atoms with Crippen LogP contribution in [0.15, 0.2) is 0 Å². The number of hydrogen-bond donors (Lipinski definition) is 1. The summed E-state index contributed by atoms with van der Waals surface area (Å²) >= 11 is 0. The maximum atomic E-state index is 12.5. The van der Waals surface area contributed by atoms with Crippen LogP contribution in [0.3, 0.4) is 0 Å². The number of nitrogens with zero attached hydrogens (tertiary/aromatic N) is 1. The van der Waals surface area contributed by atoms with Crippen molar-refractivity contribution in [2.75, 3.05) is 39.5 Å². The van der Waals surface area contributed by atoms with E-state index in [4.69, 9.17) is 9.47 Å². The van der Waals surface area contributed by atoms with E-state index in [0.29, 0.717) is 19.6 Å². The number of esters is 2. The third-order valence-corrected chi connectivity index (χ3v) is 8.84. The van der Waals surface area contributed by atoms with Gasteiger partial charge in [0.25, 0.3) is 0 Å². The van der Waals surface area contributed by atoms with Crippen LogP contribution < -0.4 is 0 Å². The van der Waals surface area contributed by atoms with Crippen molar-refractivity contribution in [3.05, 3.63) is 0 Å². The largest absolute Gasteiger partial charge is 0.466 e. The lowest BCUT2D eigenvalue weighted by atomic mass is 9.87.